The summed E-state index contributed by atoms with van der Waals surface area (Å²) in [5.41, 5.74) is 5.58. The number of ether oxygens (including phenoxy) is 1. The summed E-state index contributed by atoms with van der Waals surface area (Å²) in [6.45, 7) is 1.44. The molecule has 24 heavy (non-hydrogen) atoms. The monoisotopic (exact) mass is 373 g/mol. The van der Waals surface area contributed by atoms with Crippen LogP contribution in [0.5, 0.6) is 0 Å². The minimum atomic E-state index is -1.03. The van der Waals surface area contributed by atoms with Gasteiger partial charge >= 0.3 is 12.0 Å². The number of halogens is 1. The topological polar surface area (TPSA) is 111 Å². The van der Waals surface area contributed by atoms with E-state index in [1.807, 2.05) is 6.26 Å². The maximum atomic E-state index is 12.1. The van der Waals surface area contributed by atoms with E-state index in [1.54, 1.807) is 24.3 Å². The van der Waals surface area contributed by atoms with Crippen LogP contribution < -0.4 is 16.4 Å². The Balaban J connectivity index is 2.60. The van der Waals surface area contributed by atoms with Gasteiger partial charge in [0.05, 0.1) is 0 Å². The lowest BCUT2D eigenvalue weighted by Crippen LogP contribution is -2.46. The quantitative estimate of drug-likeness (QED) is 0.603. The SMILES string of the molecule is CSCC[C@H](NC(N)=O)C(=O)O[C@H](C)C(=O)Nc1ccc(Cl)cc1. The molecule has 0 bridgehead atoms. The summed E-state index contributed by atoms with van der Waals surface area (Å²) in [6, 6.07) is 4.80. The first-order chi connectivity index (χ1) is 11.3. The van der Waals surface area contributed by atoms with E-state index >= 15 is 0 Å². The molecule has 0 saturated carbocycles. The number of amides is 3. The van der Waals surface area contributed by atoms with Gasteiger partial charge in [0, 0.05) is 10.7 Å². The minimum absolute atomic E-state index is 0.356. The molecule has 1 aromatic carbocycles. The first-order valence-electron chi connectivity index (χ1n) is 7.15. The van der Waals surface area contributed by atoms with Gasteiger partial charge in [-0.15, -0.1) is 0 Å². The Morgan fingerprint density at radius 2 is 1.92 bits per heavy atom. The number of carbonyl (C=O) groups is 3. The number of hydrogen-bond donors (Lipinski definition) is 3. The summed E-state index contributed by atoms with van der Waals surface area (Å²) in [7, 11) is 0. The third-order valence-corrected chi connectivity index (χ3v) is 3.88. The van der Waals surface area contributed by atoms with E-state index in [-0.39, 0.29) is 0 Å². The van der Waals surface area contributed by atoms with Gasteiger partial charge in [0.15, 0.2) is 6.10 Å². The van der Waals surface area contributed by atoms with Crippen molar-refractivity contribution in [2.24, 2.45) is 5.73 Å². The molecule has 2 atom stereocenters. The molecule has 0 aliphatic rings. The number of thioether (sulfide) groups is 1. The maximum Gasteiger partial charge on any atom is 0.329 e. The molecule has 0 radical (unpaired) electrons. The van der Waals surface area contributed by atoms with Gasteiger partial charge in [0.1, 0.15) is 6.04 Å². The van der Waals surface area contributed by atoms with Crippen LogP contribution in [0.3, 0.4) is 0 Å². The Morgan fingerprint density at radius 3 is 2.46 bits per heavy atom. The van der Waals surface area contributed by atoms with Crippen LogP contribution in [0.25, 0.3) is 0 Å². The van der Waals surface area contributed by atoms with Gasteiger partial charge in [0.25, 0.3) is 5.91 Å². The van der Waals surface area contributed by atoms with Crippen LogP contribution in [-0.2, 0) is 14.3 Å². The second kappa shape index (κ2) is 10.0. The van der Waals surface area contributed by atoms with Crippen molar-refractivity contribution in [3.8, 4) is 0 Å². The highest BCUT2D eigenvalue weighted by molar-refractivity contribution is 7.98. The fourth-order valence-corrected chi connectivity index (χ4v) is 2.34. The molecule has 0 aromatic heterocycles. The summed E-state index contributed by atoms with van der Waals surface area (Å²) >= 11 is 7.28. The van der Waals surface area contributed by atoms with Crippen LogP contribution in [0.1, 0.15) is 13.3 Å². The molecule has 132 valence electrons. The molecule has 0 fully saturated rings. The van der Waals surface area contributed by atoms with Gasteiger partial charge in [-0.25, -0.2) is 9.59 Å². The third kappa shape index (κ3) is 7.10. The van der Waals surface area contributed by atoms with Gasteiger partial charge in [-0.1, -0.05) is 11.6 Å². The Labute approximate surface area is 149 Å². The van der Waals surface area contributed by atoms with Crippen molar-refractivity contribution >= 4 is 47.0 Å². The zero-order valence-electron chi connectivity index (χ0n) is 13.4. The Bertz CT molecular complexity index is 583. The fourth-order valence-electron chi connectivity index (χ4n) is 1.74. The molecule has 3 amide bonds. The maximum absolute atomic E-state index is 12.1. The van der Waals surface area contributed by atoms with Crippen molar-refractivity contribution in [2.45, 2.75) is 25.5 Å². The van der Waals surface area contributed by atoms with Crippen LogP contribution in [0.2, 0.25) is 5.02 Å². The second-order valence-electron chi connectivity index (χ2n) is 4.92. The number of nitrogens with one attached hydrogen (secondary N) is 2. The van der Waals surface area contributed by atoms with E-state index in [1.165, 1.54) is 18.7 Å². The summed E-state index contributed by atoms with van der Waals surface area (Å²) in [4.78, 5) is 35.1. The molecule has 1 rings (SSSR count). The summed E-state index contributed by atoms with van der Waals surface area (Å²) in [6.07, 6.45) is 1.20. The summed E-state index contributed by atoms with van der Waals surface area (Å²) in [5.74, 6) is -0.569. The molecule has 0 saturated heterocycles. The zero-order valence-corrected chi connectivity index (χ0v) is 14.9. The number of benzene rings is 1. The smallest absolute Gasteiger partial charge is 0.329 e. The highest BCUT2D eigenvalue weighted by Crippen LogP contribution is 2.14. The minimum Gasteiger partial charge on any atom is -0.451 e. The molecule has 0 heterocycles. The first-order valence-corrected chi connectivity index (χ1v) is 8.92. The lowest BCUT2D eigenvalue weighted by molar-refractivity contribution is -0.155. The zero-order chi connectivity index (χ0) is 18.1. The van der Waals surface area contributed by atoms with Crippen molar-refractivity contribution in [1.29, 1.82) is 0 Å². The van der Waals surface area contributed by atoms with E-state index in [4.69, 9.17) is 22.1 Å². The highest BCUT2D eigenvalue weighted by Gasteiger charge is 2.25. The molecular formula is C15H20ClN3O4S. The van der Waals surface area contributed by atoms with Crippen LogP contribution in [0, 0.1) is 0 Å². The lowest BCUT2D eigenvalue weighted by Gasteiger charge is -2.19. The average molecular weight is 374 g/mol. The summed E-state index contributed by atoms with van der Waals surface area (Å²) in [5, 5.41) is 5.47. The number of anilines is 1. The predicted molar refractivity (Wildman–Crippen MR) is 95.1 cm³/mol. The van der Waals surface area contributed by atoms with Gasteiger partial charge in [-0.05, 0) is 49.6 Å². The van der Waals surface area contributed by atoms with Crippen molar-refractivity contribution in [2.75, 3.05) is 17.3 Å². The number of hydrogen-bond acceptors (Lipinski definition) is 5. The van der Waals surface area contributed by atoms with Gasteiger partial charge in [-0.2, -0.15) is 11.8 Å². The molecule has 0 aliphatic carbocycles. The number of primary amides is 1. The number of esters is 1. The van der Waals surface area contributed by atoms with Crippen LogP contribution in [0.4, 0.5) is 10.5 Å². The van der Waals surface area contributed by atoms with Crippen molar-refractivity contribution in [3.63, 3.8) is 0 Å². The molecule has 0 unspecified atom stereocenters. The van der Waals surface area contributed by atoms with Gasteiger partial charge in [0.2, 0.25) is 0 Å². The predicted octanol–water partition coefficient (Wildman–Crippen LogP) is 2.00. The molecule has 4 N–H and O–H groups in total. The van der Waals surface area contributed by atoms with Crippen molar-refractivity contribution in [3.05, 3.63) is 29.3 Å². The molecular weight excluding hydrogens is 354 g/mol. The van der Waals surface area contributed by atoms with Gasteiger partial charge < -0.3 is 21.1 Å². The number of rotatable bonds is 8. The summed E-state index contributed by atoms with van der Waals surface area (Å²) < 4.78 is 5.11. The Morgan fingerprint density at radius 1 is 1.29 bits per heavy atom. The lowest BCUT2D eigenvalue weighted by atomic mass is 10.2. The van der Waals surface area contributed by atoms with Gasteiger partial charge in [-0.3, -0.25) is 4.79 Å². The van der Waals surface area contributed by atoms with Crippen LogP contribution in [0.15, 0.2) is 24.3 Å². The second-order valence-corrected chi connectivity index (χ2v) is 6.34. The standard InChI is InChI=1S/C15H20ClN3O4S/c1-9(13(20)18-11-5-3-10(16)4-6-11)23-14(21)12(7-8-24-2)19-15(17)22/h3-6,9,12H,7-8H2,1-2H3,(H,18,20)(H3,17,19,22)/t9-,12+/m1/s1. The van der Waals surface area contributed by atoms with E-state index < -0.39 is 30.1 Å². The van der Waals surface area contributed by atoms with E-state index in [2.05, 4.69) is 10.6 Å². The number of urea groups is 1. The molecule has 1 aromatic rings. The highest BCUT2D eigenvalue weighted by atomic mass is 35.5. The van der Waals surface area contributed by atoms with Crippen molar-refractivity contribution < 1.29 is 19.1 Å². The molecule has 0 spiro atoms. The Hall–Kier alpha value is -1.93. The Kier molecular flexibility index (Phi) is 8.42. The fraction of sp³-hybridized carbons (Fsp3) is 0.400. The van der Waals surface area contributed by atoms with Crippen LogP contribution in [-0.4, -0.2) is 42.1 Å². The van der Waals surface area contributed by atoms with Crippen molar-refractivity contribution in [1.82, 2.24) is 5.32 Å². The third-order valence-electron chi connectivity index (χ3n) is 2.99. The molecule has 7 nitrogen and oxygen atoms in total. The molecule has 9 heteroatoms. The van der Waals surface area contributed by atoms with E-state index in [0.29, 0.717) is 22.9 Å². The van der Waals surface area contributed by atoms with E-state index in [9.17, 15) is 14.4 Å². The van der Waals surface area contributed by atoms with Crippen LogP contribution >= 0.6 is 23.4 Å². The largest absolute Gasteiger partial charge is 0.451 e. The normalized spacial score (nSPS) is 12.8. The van der Waals surface area contributed by atoms with E-state index in [0.717, 1.165) is 0 Å². The average Bonchev–Trinajstić information content (AvgIpc) is 2.53. The number of carbonyl (C=O) groups excluding carboxylic acids is 3. The number of nitrogens with two attached hydrogens (primary N) is 1. The first kappa shape index (κ1) is 20.1. The molecule has 0 aliphatic heterocycles.